The minimum absolute atomic E-state index is 0.279. The van der Waals surface area contributed by atoms with E-state index in [1.807, 2.05) is 12.1 Å². The van der Waals surface area contributed by atoms with Crippen molar-refractivity contribution in [3.8, 4) is 5.75 Å². The van der Waals surface area contributed by atoms with Crippen LogP contribution in [-0.2, 0) is 16.3 Å². The SMILES string of the molecule is O=S1(=O)CCCC1COc1ccc2c(c1)NCCC2. The highest BCUT2D eigenvalue weighted by molar-refractivity contribution is 7.92. The second kappa shape index (κ2) is 5.04. The van der Waals surface area contributed by atoms with Crippen LogP contribution in [0.15, 0.2) is 18.2 Å². The lowest BCUT2D eigenvalue weighted by Gasteiger charge is -2.19. The Labute approximate surface area is 114 Å². The van der Waals surface area contributed by atoms with Crippen LogP contribution in [0.25, 0.3) is 0 Å². The van der Waals surface area contributed by atoms with Gasteiger partial charge in [-0.15, -0.1) is 0 Å². The van der Waals surface area contributed by atoms with Crippen molar-refractivity contribution in [2.45, 2.75) is 30.9 Å². The third-order valence-electron chi connectivity index (χ3n) is 3.92. The first kappa shape index (κ1) is 12.8. The molecule has 0 saturated carbocycles. The van der Waals surface area contributed by atoms with Crippen LogP contribution >= 0.6 is 0 Å². The van der Waals surface area contributed by atoms with Gasteiger partial charge >= 0.3 is 0 Å². The molecule has 2 heterocycles. The summed E-state index contributed by atoms with van der Waals surface area (Å²) in [6, 6.07) is 5.99. The number of aryl methyl sites for hydroxylation is 1. The number of fused-ring (bicyclic) bond motifs is 1. The molecule has 0 aromatic heterocycles. The topological polar surface area (TPSA) is 55.4 Å². The fourth-order valence-corrected chi connectivity index (χ4v) is 4.47. The summed E-state index contributed by atoms with van der Waals surface area (Å²) in [7, 11) is -2.92. The number of anilines is 1. The van der Waals surface area contributed by atoms with Crippen molar-refractivity contribution in [3.05, 3.63) is 23.8 Å². The van der Waals surface area contributed by atoms with Gasteiger partial charge in [0.05, 0.1) is 11.0 Å². The molecule has 2 aliphatic heterocycles. The zero-order valence-electron chi connectivity index (χ0n) is 10.9. The van der Waals surface area contributed by atoms with Crippen molar-refractivity contribution in [1.82, 2.24) is 0 Å². The van der Waals surface area contributed by atoms with Gasteiger partial charge in [0.2, 0.25) is 0 Å². The number of hydrogen-bond donors (Lipinski definition) is 1. The van der Waals surface area contributed by atoms with Crippen LogP contribution < -0.4 is 10.1 Å². The molecule has 1 aromatic carbocycles. The van der Waals surface area contributed by atoms with Gasteiger partial charge < -0.3 is 10.1 Å². The Hall–Kier alpha value is -1.23. The summed E-state index contributed by atoms with van der Waals surface area (Å²) in [6.45, 7) is 1.27. The van der Waals surface area contributed by atoms with Crippen LogP contribution in [0.5, 0.6) is 5.75 Å². The van der Waals surface area contributed by atoms with Gasteiger partial charge in [0.15, 0.2) is 9.84 Å². The van der Waals surface area contributed by atoms with Crippen molar-refractivity contribution in [2.24, 2.45) is 0 Å². The monoisotopic (exact) mass is 281 g/mol. The predicted octanol–water partition coefficient (Wildman–Crippen LogP) is 2.00. The van der Waals surface area contributed by atoms with Crippen molar-refractivity contribution in [2.75, 3.05) is 24.2 Å². The minimum atomic E-state index is -2.92. The van der Waals surface area contributed by atoms with E-state index in [0.29, 0.717) is 5.75 Å². The van der Waals surface area contributed by atoms with E-state index < -0.39 is 9.84 Å². The third kappa shape index (κ3) is 2.71. The van der Waals surface area contributed by atoms with Gasteiger partial charge in [0.25, 0.3) is 0 Å². The quantitative estimate of drug-likeness (QED) is 0.920. The molecule has 5 heteroatoms. The summed E-state index contributed by atoms with van der Waals surface area (Å²) in [5.74, 6) is 1.07. The lowest BCUT2D eigenvalue weighted by atomic mass is 10.0. The highest BCUT2D eigenvalue weighted by Crippen LogP contribution is 2.27. The van der Waals surface area contributed by atoms with E-state index in [1.54, 1.807) is 0 Å². The van der Waals surface area contributed by atoms with E-state index in [-0.39, 0.29) is 11.9 Å². The van der Waals surface area contributed by atoms with E-state index in [1.165, 1.54) is 5.56 Å². The Bertz CT molecular complexity index is 568. The summed E-state index contributed by atoms with van der Waals surface area (Å²) in [6.07, 6.45) is 3.75. The number of rotatable bonds is 3. The maximum absolute atomic E-state index is 11.7. The van der Waals surface area contributed by atoms with E-state index in [0.717, 1.165) is 43.7 Å². The fraction of sp³-hybridized carbons (Fsp3) is 0.571. The molecular weight excluding hydrogens is 262 g/mol. The molecule has 0 bridgehead atoms. The molecule has 1 aromatic rings. The molecule has 1 N–H and O–H groups in total. The number of nitrogens with one attached hydrogen (secondary N) is 1. The molecule has 0 spiro atoms. The molecule has 2 aliphatic rings. The van der Waals surface area contributed by atoms with Gasteiger partial charge in [-0.3, -0.25) is 0 Å². The summed E-state index contributed by atoms with van der Waals surface area (Å²) in [5, 5.41) is 3.03. The molecule has 1 atom stereocenters. The Morgan fingerprint density at radius 2 is 2.21 bits per heavy atom. The highest BCUT2D eigenvalue weighted by Gasteiger charge is 2.31. The third-order valence-corrected chi connectivity index (χ3v) is 6.16. The van der Waals surface area contributed by atoms with E-state index >= 15 is 0 Å². The van der Waals surface area contributed by atoms with Crippen molar-refractivity contribution < 1.29 is 13.2 Å². The summed E-state index contributed by atoms with van der Waals surface area (Å²) < 4.78 is 29.1. The smallest absolute Gasteiger partial charge is 0.156 e. The summed E-state index contributed by atoms with van der Waals surface area (Å²) in [4.78, 5) is 0. The molecule has 0 amide bonds. The van der Waals surface area contributed by atoms with Crippen LogP contribution in [0.2, 0.25) is 0 Å². The standard InChI is InChI=1S/C14H19NO3S/c16-19(17)8-2-4-13(19)10-18-12-6-5-11-3-1-7-15-14(11)9-12/h5-6,9,13,15H,1-4,7-8,10H2. The normalized spacial score (nSPS) is 24.5. The summed E-state index contributed by atoms with van der Waals surface area (Å²) in [5.41, 5.74) is 2.44. The van der Waals surface area contributed by atoms with E-state index in [4.69, 9.17) is 4.74 Å². The Kier molecular flexibility index (Phi) is 3.39. The lowest BCUT2D eigenvalue weighted by molar-refractivity contribution is 0.311. The number of hydrogen-bond acceptors (Lipinski definition) is 4. The van der Waals surface area contributed by atoms with Gasteiger partial charge in [-0.05, 0) is 37.3 Å². The molecule has 104 valence electrons. The molecule has 1 saturated heterocycles. The Morgan fingerprint density at radius 3 is 3.00 bits per heavy atom. The molecule has 0 aliphatic carbocycles. The number of benzene rings is 1. The first-order valence-electron chi connectivity index (χ1n) is 6.86. The molecule has 0 radical (unpaired) electrons. The second-order valence-corrected chi connectivity index (χ2v) is 7.69. The molecule has 4 nitrogen and oxygen atoms in total. The summed E-state index contributed by atoms with van der Waals surface area (Å²) >= 11 is 0. The van der Waals surface area contributed by atoms with Gasteiger partial charge in [-0.1, -0.05) is 6.07 Å². The van der Waals surface area contributed by atoms with Gasteiger partial charge in [0.1, 0.15) is 12.4 Å². The van der Waals surface area contributed by atoms with Gasteiger partial charge in [-0.25, -0.2) is 8.42 Å². The largest absolute Gasteiger partial charge is 0.492 e. The minimum Gasteiger partial charge on any atom is -0.492 e. The van der Waals surface area contributed by atoms with Crippen LogP contribution in [0.3, 0.4) is 0 Å². The first-order chi connectivity index (χ1) is 9.15. The average molecular weight is 281 g/mol. The Morgan fingerprint density at radius 1 is 1.32 bits per heavy atom. The van der Waals surface area contributed by atoms with Crippen LogP contribution in [0, 0.1) is 0 Å². The van der Waals surface area contributed by atoms with Gasteiger partial charge in [-0.2, -0.15) is 0 Å². The van der Waals surface area contributed by atoms with Crippen molar-refractivity contribution in [3.63, 3.8) is 0 Å². The fourth-order valence-electron chi connectivity index (χ4n) is 2.76. The number of sulfone groups is 1. The maximum Gasteiger partial charge on any atom is 0.156 e. The molecule has 19 heavy (non-hydrogen) atoms. The average Bonchev–Trinajstić information content (AvgIpc) is 2.75. The molecule has 1 fully saturated rings. The Balaban J connectivity index is 1.67. The van der Waals surface area contributed by atoms with E-state index in [2.05, 4.69) is 11.4 Å². The second-order valence-electron chi connectivity index (χ2n) is 5.29. The van der Waals surface area contributed by atoms with Crippen molar-refractivity contribution >= 4 is 15.5 Å². The number of ether oxygens (including phenoxy) is 1. The van der Waals surface area contributed by atoms with Crippen molar-refractivity contribution in [1.29, 1.82) is 0 Å². The zero-order valence-corrected chi connectivity index (χ0v) is 11.7. The lowest BCUT2D eigenvalue weighted by Crippen LogP contribution is -2.23. The van der Waals surface area contributed by atoms with Crippen LogP contribution in [0.4, 0.5) is 5.69 Å². The van der Waals surface area contributed by atoms with Crippen LogP contribution in [0.1, 0.15) is 24.8 Å². The van der Waals surface area contributed by atoms with E-state index in [9.17, 15) is 8.42 Å². The maximum atomic E-state index is 11.7. The molecule has 3 rings (SSSR count). The highest BCUT2D eigenvalue weighted by atomic mass is 32.2. The molecule has 1 unspecified atom stereocenters. The zero-order chi connectivity index (χ0) is 13.3. The molecular formula is C14H19NO3S. The van der Waals surface area contributed by atoms with Crippen LogP contribution in [-0.4, -0.2) is 32.6 Å². The first-order valence-corrected chi connectivity index (χ1v) is 8.58. The predicted molar refractivity (Wildman–Crippen MR) is 75.6 cm³/mol. The van der Waals surface area contributed by atoms with Gasteiger partial charge in [0, 0.05) is 18.3 Å².